The van der Waals surface area contributed by atoms with E-state index in [-0.39, 0.29) is 0 Å². The van der Waals surface area contributed by atoms with Crippen molar-refractivity contribution in [2.75, 3.05) is 4.90 Å². The van der Waals surface area contributed by atoms with Crippen LogP contribution in [0.1, 0.15) is 22.3 Å². The van der Waals surface area contributed by atoms with Crippen LogP contribution >= 0.6 is 0 Å². The molecule has 0 spiro atoms. The van der Waals surface area contributed by atoms with Gasteiger partial charge in [0.2, 0.25) is 0 Å². The largest absolute Gasteiger partial charge is 0.456 e. The second-order valence-corrected chi connectivity index (χ2v) is 16.0. The SMILES string of the molecule is c1ccc(-c2ccc(N(c3ccc(C4(c5ccccc5)c5ccccc5-c5ccccc54)cc3)c3cccc4ccc5oc6cc(-c7ccccc7)ccc6c5c34)cc2)cc1. The summed E-state index contributed by atoms with van der Waals surface area (Å²) in [6, 6.07) is 85.9. The van der Waals surface area contributed by atoms with Gasteiger partial charge in [0.1, 0.15) is 11.2 Å². The Morgan fingerprint density at radius 3 is 1.52 bits per heavy atom. The van der Waals surface area contributed by atoms with Gasteiger partial charge >= 0.3 is 0 Å². The van der Waals surface area contributed by atoms with Crippen molar-refractivity contribution >= 4 is 49.8 Å². The monoisotopic (exact) mass is 777 g/mol. The van der Waals surface area contributed by atoms with Crippen LogP contribution in [0, 0.1) is 0 Å². The molecule has 0 saturated heterocycles. The van der Waals surface area contributed by atoms with Crippen LogP contribution in [-0.2, 0) is 5.41 Å². The first-order chi connectivity index (χ1) is 30.3. The second-order valence-electron chi connectivity index (χ2n) is 16.0. The summed E-state index contributed by atoms with van der Waals surface area (Å²) < 4.78 is 6.70. The van der Waals surface area contributed by atoms with Crippen molar-refractivity contribution < 1.29 is 4.42 Å². The number of anilines is 3. The number of benzene rings is 10. The van der Waals surface area contributed by atoms with Crippen LogP contribution in [0.3, 0.4) is 0 Å². The van der Waals surface area contributed by atoms with Gasteiger partial charge in [-0.25, -0.2) is 0 Å². The van der Waals surface area contributed by atoms with Crippen LogP contribution in [0.2, 0.25) is 0 Å². The quantitative estimate of drug-likeness (QED) is 0.160. The number of nitrogens with zero attached hydrogens (tertiary/aromatic N) is 1. The molecule has 0 saturated carbocycles. The maximum Gasteiger partial charge on any atom is 0.136 e. The molecule has 2 nitrogen and oxygen atoms in total. The molecule has 11 aromatic rings. The summed E-state index contributed by atoms with van der Waals surface area (Å²) in [5.74, 6) is 0. The molecule has 1 heterocycles. The lowest BCUT2D eigenvalue weighted by atomic mass is 9.68. The Hall–Kier alpha value is -7.94. The van der Waals surface area contributed by atoms with Crippen LogP contribution in [0.15, 0.2) is 241 Å². The number of furan rings is 1. The van der Waals surface area contributed by atoms with E-state index in [2.05, 4.69) is 241 Å². The number of hydrogen-bond donors (Lipinski definition) is 0. The minimum atomic E-state index is -0.477. The molecule has 0 unspecified atom stereocenters. The Morgan fingerprint density at radius 2 is 0.869 bits per heavy atom. The lowest BCUT2D eigenvalue weighted by Gasteiger charge is -2.34. The van der Waals surface area contributed by atoms with Gasteiger partial charge in [-0.2, -0.15) is 0 Å². The number of hydrogen-bond acceptors (Lipinski definition) is 2. The Labute approximate surface area is 355 Å². The summed E-state index contributed by atoms with van der Waals surface area (Å²) in [6.07, 6.45) is 0. The van der Waals surface area contributed by atoms with E-state index in [4.69, 9.17) is 4.42 Å². The van der Waals surface area contributed by atoms with Crippen LogP contribution < -0.4 is 4.90 Å². The summed E-state index contributed by atoms with van der Waals surface area (Å²) in [4.78, 5) is 2.42. The molecule has 61 heavy (non-hydrogen) atoms. The molecule has 0 atom stereocenters. The Kier molecular flexibility index (Phi) is 8.11. The van der Waals surface area contributed by atoms with Gasteiger partial charge in [-0.1, -0.05) is 188 Å². The first kappa shape index (κ1) is 35.0. The van der Waals surface area contributed by atoms with Crippen molar-refractivity contribution in [2.45, 2.75) is 5.41 Å². The molecule has 0 amide bonds. The average Bonchev–Trinajstić information content (AvgIpc) is 3.87. The summed E-state index contributed by atoms with van der Waals surface area (Å²) in [7, 11) is 0. The number of rotatable bonds is 7. The topological polar surface area (TPSA) is 16.4 Å². The van der Waals surface area contributed by atoms with Gasteiger partial charge in [0.25, 0.3) is 0 Å². The van der Waals surface area contributed by atoms with E-state index in [0.717, 1.165) is 55.3 Å². The molecule has 10 aromatic carbocycles. The van der Waals surface area contributed by atoms with Gasteiger partial charge in [0.15, 0.2) is 0 Å². The Bertz CT molecular complexity index is 3340. The van der Waals surface area contributed by atoms with Crippen LogP contribution in [0.25, 0.3) is 66.1 Å². The fraction of sp³-hybridized carbons (Fsp3) is 0.0169. The fourth-order valence-electron chi connectivity index (χ4n) is 10.1. The zero-order chi connectivity index (χ0) is 40.3. The Morgan fingerprint density at radius 1 is 0.344 bits per heavy atom. The average molecular weight is 778 g/mol. The van der Waals surface area contributed by atoms with Crippen molar-refractivity contribution in [3.05, 3.63) is 259 Å². The molecule has 0 aliphatic heterocycles. The van der Waals surface area contributed by atoms with E-state index in [1.54, 1.807) is 0 Å². The minimum absolute atomic E-state index is 0.477. The van der Waals surface area contributed by atoms with Gasteiger partial charge < -0.3 is 9.32 Å². The van der Waals surface area contributed by atoms with E-state index >= 15 is 0 Å². The molecule has 0 bridgehead atoms. The van der Waals surface area contributed by atoms with Crippen LogP contribution in [0.4, 0.5) is 17.1 Å². The first-order valence-electron chi connectivity index (χ1n) is 21.0. The molecule has 286 valence electrons. The summed E-state index contributed by atoms with van der Waals surface area (Å²) >= 11 is 0. The highest BCUT2D eigenvalue weighted by Gasteiger charge is 2.45. The van der Waals surface area contributed by atoms with Gasteiger partial charge in [0, 0.05) is 27.5 Å². The molecule has 0 fully saturated rings. The molecule has 1 aliphatic rings. The molecule has 2 heteroatoms. The second kappa shape index (κ2) is 14.1. The fourth-order valence-corrected chi connectivity index (χ4v) is 10.1. The van der Waals surface area contributed by atoms with Gasteiger partial charge in [0.05, 0.1) is 11.1 Å². The Balaban J connectivity index is 1.07. The summed E-state index contributed by atoms with van der Waals surface area (Å²) in [5, 5.41) is 4.53. The number of fused-ring (bicyclic) bond motifs is 8. The van der Waals surface area contributed by atoms with E-state index in [0.29, 0.717) is 0 Å². The zero-order valence-corrected chi connectivity index (χ0v) is 33.4. The van der Waals surface area contributed by atoms with E-state index in [9.17, 15) is 0 Å². The van der Waals surface area contributed by atoms with Crippen molar-refractivity contribution in [1.29, 1.82) is 0 Å². The predicted molar refractivity (Wildman–Crippen MR) is 254 cm³/mol. The standard InChI is InChI=1S/C59H39NO/c1-4-15-40(16-5-1)42-27-33-47(34-28-42)60(54-26-14-19-43-30-38-55-58(57(43)54)51-37-29-44(39-56(51)61-55)41-17-6-2-7-18-41)48-35-31-46(32-36-48)59(45-20-8-3-9-21-45)52-24-12-10-22-49(52)50-23-11-13-25-53(50)59/h1-39H. The normalized spacial score (nSPS) is 12.7. The van der Waals surface area contributed by atoms with E-state index in [1.165, 1.54) is 50.1 Å². The third-order valence-corrected chi connectivity index (χ3v) is 12.8. The highest BCUT2D eigenvalue weighted by Crippen LogP contribution is 2.56. The van der Waals surface area contributed by atoms with Gasteiger partial charge in [-0.3, -0.25) is 0 Å². The van der Waals surface area contributed by atoms with Crippen molar-refractivity contribution in [3.63, 3.8) is 0 Å². The smallest absolute Gasteiger partial charge is 0.136 e. The molecular weight excluding hydrogens is 739 g/mol. The predicted octanol–water partition coefficient (Wildman–Crippen LogP) is 15.9. The lowest BCUT2D eigenvalue weighted by molar-refractivity contribution is 0.669. The van der Waals surface area contributed by atoms with Crippen LogP contribution in [0.5, 0.6) is 0 Å². The minimum Gasteiger partial charge on any atom is -0.456 e. The molecule has 1 aromatic heterocycles. The first-order valence-corrected chi connectivity index (χ1v) is 21.0. The van der Waals surface area contributed by atoms with Gasteiger partial charge in [-0.05, 0) is 110 Å². The lowest BCUT2D eigenvalue weighted by Crippen LogP contribution is -2.28. The molecule has 12 rings (SSSR count). The van der Waals surface area contributed by atoms with Crippen molar-refractivity contribution in [2.24, 2.45) is 0 Å². The third kappa shape index (κ3) is 5.50. The maximum absolute atomic E-state index is 6.70. The molecule has 0 radical (unpaired) electrons. The highest BCUT2D eigenvalue weighted by atomic mass is 16.3. The van der Waals surface area contributed by atoms with E-state index < -0.39 is 5.41 Å². The molecule has 0 N–H and O–H groups in total. The maximum atomic E-state index is 6.70. The summed E-state index contributed by atoms with van der Waals surface area (Å²) in [6.45, 7) is 0. The van der Waals surface area contributed by atoms with Gasteiger partial charge in [-0.15, -0.1) is 0 Å². The van der Waals surface area contributed by atoms with Crippen molar-refractivity contribution in [3.8, 4) is 33.4 Å². The van der Waals surface area contributed by atoms with Crippen LogP contribution in [-0.4, -0.2) is 0 Å². The molecule has 1 aliphatic carbocycles. The molecular formula is C59H39NO. The third-order valence-electron chi connectivity index (χ3n) is 12.8. The zero-order valence-electron chi connectivity index (χ0n) is 33.4. The summed E-state index contributed by atoms with van der Waals surface area (Å²) in [5.41, 5.74) is 16.9. The highest BCUT2D eigenvalue weighted by molar-refractivity contribution is 6.23. The van der Waals surface area contributed by atoms with Crippen molar-refractivity contribution in [1.82, 2.24) is 0 Å². The van der Waals surface area contributed by atoms with E-state index in [1.807, 2.05) is 0 Å².